The number of guanidine groups is 1. The van der Waals surface area contributed by atoms with Gasteiger partial charge in [-0.2, -0.15) is 0 Å². The fourth-order valence-electron chi connectivity index (χ4n) is 3.64. The number of carbonyl (C=O) groups excluding carboxylic acids is 1. The highest BCUT2D eigenvalue weighted by molar-refractivity contribution is 5.88. The lowest BCUT2D eigenvalue weighted by Gasteiger charge is -2.43. The number of hydrogen-bond donors (Lipinski definition) is 3. The number of carbonyl (C=O) groups is 1. The summed E-state index contributed by atoms with van der Waals surface area (Å²) in [6.45, 7) is 7.77. The van der Waals surface area contributed by atoms with Crippen LogP contribution in [0.25, 0.3) is 0 Å². The monoisotopic (exact) mass is 344 g/mol. The molecule has 25 heavy (non-hydrogen) atoms. The van der Waals surface area contributed by atoms with E-state index in [1.165, 1.54) is 32.6 Å². The van der Waals surface area contributed by atoms with Crippen molar-refractivity contribution in [3.05, 3.63) is 29.8 Å². The zero-order chi connectivity index (χ0) is 18.3. The van der Waals surface area contributed by atoms with Crippen LogP contribution in [0.3, 0.4) is 0 Å². The lowest BCUT2D eigenvalue weighted by molar-refractivity contribution is -0.114. The van der Waals surface area contributed by atoms with E-state index in [1.54, 1.807) is 7.05 Å². The Morgan fingerprint density at radius 1 is 1.28 bits per heavy atom. The fourth-order valence-corrected chi connectivity index (χ4v) is 3.64. The van der Waals surface area contributed by atoms with Crippen LogP contribution in [0, 0.1) is 11.3 Å². The fraction of sp³-hybridized carbons (Fsp3) is 0.600. The van der Waals surface area contributed by atoms with Gasteiger partial charge in [0.1, 0.15) is 0 Å². The van der Waals surface area contributed by atoms with E-state index in [9.17, 15) is 4.79 Å². The first-order valence-electron chi connectivity index (χ1n) is 9.23. The molecule has 0 heterocycles. The van der Waals surface area contributed by atoms with Crippen LogP contribution in [0.1, 0.15) is 52.0 Å². The van der Waals surface area contributed by atoms with Gasteiger partial charge in [0.2, 0.25) is 5.91 Å². The van der Waals surface area contributed by atoms with E-state index < -0.39 is 0 Å². The lowest BCUT2D eigenvalue weighted by Crippen LogP contribution is -2.46. The third kappa shape index (κ3) is 6.07. The highest BCUT2D eigenvalue weighted by atomic mass is 16.1. The van der Waals surface area contributed by atoms with E-state index in [4.69, 9.17) is 0 Å². The van der Waals surface area contributed by atoms with Crippen molar-refractivity contribution in [2.75, 3.05) is 18.9 Å². The minimum atomic E-state index is -0.0569. The molecule has 0 aliphatic heterocycles. The van der Waals surface area contributed by atoms with Gasteiger partial charge in [0.05, 0.1) is 0 Å². The van der Waals surface area contributed by atoms with Gasteiger partial charge in [0.25, 0.3) is 0 Å². The Bertz CT molecular complexity index is 605. The van der Waals surface area contributed by atoms with Crippen molar-refractivity contribution in [3.8, 4) is 0 Å². The predicted molar refractivity (Wildman–Crippen MR) is 105 cm³/mol. The van der Waals surface area contributed by atoms with E-state index >= 15 is 0 Å². The minimum absolute atomic E-state index is 0.0569. The Labute approximate surface area is 151 Å². The van der Waals surface area contributed by atoms with Crippen LogP contribution >= 0.6 is 0 Å². The maximum atomic E-state index is 11.2. The second-order valence-corrected chi connectivity index (χ2v) is 7.61. The molecule has 0 saturated heterocycles. The van der Waals surface area contributed by atoms with Gasteiger partial charge in [-0.3, -0.25) is 9.79 Å². The summed E-state index contributed by atoms with van der Waals surface area (Å²) < 4.78 is 0. The third-order valence-corrected chi connectivity index (χ3v) is 4.82. The molecule has 1 aromatic carbocycles. The summed E-state index contributed by atoms with van der Waals surface area (Å²) in [6.07, 6.45) is 5.24. The molecule has 138 valence electrons. The SMILES string of the molecule is CN=C(NCc1cccc(NC(C)=O)c1)NCC1(CC(C)C)CCC1. The summed E-state index contributed by atoms with van der Waals surface area (Å²) in [5, 5.41) is 9.68. The van der Waals surface area contributed by atoms with Crippen LogP contribution in [-0.4, -0.2) is 25.5 Å². The number of aliphatic imine (C=N–C) groups is 1. The summed E-state index contributed by atoms with van der Waals surface area (Å²) in [5.74, 6) is 1.51. The van der Waals surface area contributed by atoms with Crippen molar-refractivity contribution in [1.82, 2.24) is 10.6 Å². The number of benzene rings is 1. The van der Waals surface area contributed by atoms with Crippen molar-refractivity contribution in [2.45, 2.75) is 53.0 Å². The number of amides is 1. The second-order valence-electron chi connectivity index (χ2n) is 7.61. The number of hydrogen-bond acceptors (Lipinski definition) is 2. The second kappa shape index (κ2) is 8.88. The minimum Gasteiger partial charge on any atom is -0.356 e. The topological polar surface area (TPSA) is 65.5 Å². The van der Waals surface area contributed by atoms with Gasteiger partial charge in [-0.05, 0) is 48.3 Å². The number of anilines is 1. The quantitative estimate of drug-likeness (QED) is 0.524. The highest BCUT2D eigenvalue weighted by Gasteiger charge is 2.37. The summed E-state index contributed by atoms with van der Waals surface area (Å²) in [7, 11) is 1.80. The molecule has 1 aromatic rings. The summed E-state index contributed by atoms with van der Waals surface area (Å²) in [5.41, 5.74) is 2.37. The van der Waals surface area contributed by atoms with Gasteiger partial charge in [-0.25, -0.2) is 0 Å². The Hall–Kier alpha value is -2.04. The van der Waals surface area contributed by atoms with Gasteiger partial charge < -0.3 is 16.0 Å². The normalized spacial score (nSPS) is 16.3. The zero-order valence-corrected chi connectivity index (χ0v) is 16.0. The Kier molecular flexibility index (Phi) is 6.85. The third-order valence-electron chi connectivity index (χ3n) is 4.82. The molecular weight excluding hydrogens is 312 g/mol. The smallest absolute Gasteiger partial charge is 0.221 e. The van der Waals surface area contributed by atoms with E-state index in [0.29, 0.717) is 12.0 Å². The van der Waals surface area contributed by atoms with Gasteiger partial charge >= 0.3 is 0 Å². The molecule has 3 N–H and O–H groups in total. The maximum absolute atomic E-state index is 11.2. The van der Waals surface area contributed by atoms with Crippen molar-refractivity contribution < 1.29 is 4.79 Å². The molecule has 0 atom stereocenters. The van der Waals surface area contributed by atoms with Crippen molar-refractivity contribution >= 4 is 17.6 Å². The van der Waals surface area contributed by atoms with Crippen molar-refractivity contribution in [2.24, 2.45) is 16.3 Å². The molecule has 1 amide bonds. The molecule has 5 heteroatoms. The van der Waals surface area contributed by atoms with Gasteiger partial charge in [-0.1, -0.05) is 32.4 Å². The molecule has 1 aliphatic rings. The Morgan fingerprint density at radius 2 is 2.04 bits per heavy atom. The molecule has 1 saturated carbocycles. The molecule has 0 spiro atoms. The van der Waals surface area contributed by atoms with Crippen LogP contribution in [0.15, 0.2) is 29.3 Å². The van der Waals surface area contributed by atoms with Crippen LogP contribution in [0.2, 0.25) is 0 Å². The molecule has 0 radical (unpaired) electrons. The summed E-state index contributed by atoms with van der Waals surface area (Å²) >= 11 is 0. The molecule has 1 fully saturated rings. The first-order chi connectivity index (χ1) is 11.9. The maximum Gasteiger partial charge on any atom is 0.221 e. The van der Waals surface area contributed by atoms with Gasteiger partial charge in [0.15, 0.2) is 5.96 Å². The first kappa shape index (κ1) is 19.3. The molecule has 0 aromatic heterocycles. The largest absolute Gasteiger partial charge is 0.356 e. The van der Waals surface area contributed by atoms with E-state index in [0.717, 1.165) is 29.7 Å². The van der Waals surface area contributed by atoms with Crippen LogP contribution in [-0.2, 0) is 11.3 Å². The Balaban J connectivity index is 1.85. The average Bonchev–Trinajstić information content (AvgIpc) is 2.51. The number of nitrogens with one attached hydrogen (secondary N) is 3. The van der Waals surface area contributed by atoms with E-state index in [2.05, 4.69) is 34.8 Å². The molecule has 0 bridgehead atoms. The summed E-state index contributed by atoms with van der Waals surface area (Å²) in [4.78, 5) is 15.5. The Morgan fingerprint density at radius 3 is 2.60 bits per heavy atom. The van der Waals surface area contributed by atoms with E-state index in [1.807, 2.05) is 24.3 Å². The van der Waals surface area contributed by atoms with Gasteiger partial charge in [0, 0.05) is 32.7 Å². The van der Waals surface area contributed by atoms with Crippen molar-refractivity contribution in [1.29, 1.82) is 0 Å². The van der Waals surface area contributed by atoms with Gasteiger partial charge in [-0.15, -0.1) is 0 Å². The lowest BCUT2D eigenvalue weighted by atomic mass is 9.64. The van der Waals surface area contributed by atoms with E-state index in [-0.39, 0.29) is 5.91 Å². The molecule has 0 unspecified atom stereocenters. The standard InChI is InChI=1S/C20H32N4O/c1-15(2)12-20(9-6-10-20)14-23-19(21-4)22-13-17-7-5-8-18(11-17)24-16(3)25/h5,7-8,11,15H,6,9-10,12-14H2,1-4H3,(H,24,25)(H2,21,22,23). The average molecular weight is 345 g/mol. The number of nitrogens with zero attached hydrogens (tertiary/aromatic N) is 1. The van der Waals surface area contributed by atoms with Crippen molar-refractivity contribution in [3.63, 3.8) is 0 Å². The highest BCUT2D eigenvalue weighted by Crippen LogP contribution is 2.45. The predicted octanol–water partition coefficient (Wildman–Crippen LogP) is 3.53. The molecule has 1 aliphatic carbocycles. The zero-order valence-electron chi connectivity index (χ0n) is 16.0. The number of rotatable bonds is 7. The van der Waals surface area contributed by atoms with Crippen LogP contribution in [0.4, 0.5) is 5.69 Å². The van der Waals surface area contributed by atoms with Crippen LogP contribution in [0.5, 0.6) is 0 Å². The summed E-state index contributed by atoms with van der Waals surface area (Å²) in [6, 6.07) is 7.86. The first-order valence-corrected chi connectivity index (χ1v) is 9.23. The molecule has 2 rings (SSSR count). The molecule has 5 nitrogen and oxygen atoms in total. The van der Waals surface area contributed by atoms with Crippen LogP contribution < -0.4 is 16.0 Å². The molecular formula is C20H32N4O.